The summed E-state index contributed by atoms with van der Waals surface area (Å²) in [6.07, 6.45) is 4.59. The second-order valence-corrected chi connectivity index (χ2v) is 4.98. The summed E-state index contributed by atoms with van der Waals surface area (Å²) in [6, 6.07) is 1.48. The highest BCUT2D eigenvalue weighted by Crippen LogP contribution is 2.28. The van der Waals surface area contributed by atoms with Crippen LogP contribution in [0.1, 0.15) is 25.7 Å². The Bertz CT molecular complexity index is 269. The Kier molecular flexibility index (Phi) is 3.66. The smallest absolute Gasteiger partial charge is 0.140 e. The molecule has 3 N–H and O–H groups in total. The van der Waals surface area contributed by atoms with Crippen molar-refractivity contribution in [1.29, 1.82) is 0 Å². The van der Waals surface area contributed by atoms with Gasteiger partial charge in [0.05, 0.1) is 0 Å². The Morgan fingerprint density at radius 2 is 2.12 bits per heavy atom. The molecule has 2 aliphatic heterocycles. The minimum Gasteiger partial charge on any atom is -0.409 e. The molecular formula is C11H22N4O. The summed E-state index contributed by atoms with van der Waals surface area (Å²) in [5.74, 6) is 0.336. The number of likely N-dealkylation sites (N-methyl/N-ethyl adjacent to an activating group) is 1. The van der Waals surface area contributed by atoms with Crippen LogP contribution in [0.15, 0.2) is 5.16 Å². The Hall–Kier alpha value is -0.810. The van der Waals surface area contributed by atoms with E-state index in [0.29, 0.717) is 18.3 Å². The normalized spacial score (nSPS) is 32.9. The first-order valence-electron chi connectivity index (χ1n) is 6.11. The lowest BCUT2D eigenvalue weighted by Crippen LogP contribution is -2.37. The molecule has 2 rings (SSSR count). The number of nitrogens with zero attached hydrogens (tertiary/aromatic N) is 3. The van der Waals surface area contributed by atoms with Crippen LogP contribution in [0.2, 0.25) is 0 Å². The Labute approximate surface area is 96.9 Å². The summed E-state index contributed by atoms with van der Waals surface area (Å²) in [7, 11) is 2.25. The van der Waals surface area contributed by atoms with Gasteiger partial charge in [0.2, 0.25) is 0 Å². The summed E-state index contributed by atoms with van der Waals surface area (Å²) in [5.41, 5.74) is 5.50. The lowest BCUT2D eigenvalue weighted by atomic mass is 10.1. The minimum absolute atomic E-state index is 0.336. The van der Waals surface area contributed by atoms with Gasteiger partial charge in [-0.1, -0.05) is 5.16 Å². The molecule has 2 bridgehead atoms. The molecule has 2 saturated heterocycles. The van der Waals surface area contributed by atoms with E-state index in [9.17, 15) is 0 Å². The zero-order valence-electron chi connectivity index (χ0n) is 9.97. The first-order valence-corrected chi connectivity index (χ1v) is 6.11. The fraction of sp³-hybridized carbons (Fsp3) is 0.909. The molecule has 0 amide bonds. The third-order valence-corrected chi connectivity index (χ3v) is 4.05. The van der Waals surface area contributed by atoms with Crippen molar-refractivity contribution in [3.63, 3.8) is 0 Å². The quantitative estimate of drug-likeness (QED) is 0.314. The molecule has 2 atom stereocenters. The van der Waals surface area contributed by atoms with Crippen LogP contribution in [-0.2, 0) is 0 Å². The third-order valence-electron chi connectivity index (χ3n) is 4.05. The monoisotopic (exact) mass is 226 g/mol. The lowest BCUT2D eigenvalue weighted by molar-refractivity contribution is 0.221. The average Bonchev–Trinajstić information content (AvgIpc) is 2.52. The molecule has 0 aliphatic carbocycles. The predicted molar refractivity (Wildman–Crippen MR) is 63.7 cm³/mol. The van der Waals surface area contributed by atoms with Gasteiger partial charge in [-0.25, -0.2) is 0 Å². The van der Waals surface area contributed by atoms with Crippen LogP contribution in [0.25, 0.3) is 0 Å². The van der Waals surface area contributed by atoms with Crippen molar-refractivity contribution >= 4 is 5.84 Å². The van der Waals surface area contributed by atoms with E-state index in [0.717, 1.165) is 25.7 Å². The number of amidine groups is 1. The topological polar surface area (TPSA) is 65.1 Å². The molecule has 2 heterocycles. The summed E-state index contributed by atoms with van der Waals surface area (Å²) >= 11 is 0. The highest BCUT2D eigenvalue weighted by atomic mass is 16.4. The van der Waals surface area contributed by atoms with Gasteiger partial charge in [-0.3, -0.25) is 4.90 Å². The number of nitrogens with two attached hydrogens (primary N) is 1. The number of rotatable bonds is 3. The van der Waals surface area contributed by atoms with E-state index >= 15 is 0 Å². The zero-order chi connectivity index (χ0) is 11.5. The summed E-state index contributed by atoms with van der Waals surface area (Å²) in [4.78, 5) is 4.97. The molecule has 0 aromatic heterocycles. The number of likely N-dealkylation sites (tertiary alicyclic amines) is 1. The van der Waals surface area contributed by atoms with E-state index in [1.807, 2.05) is 0 Å². The molecule has 5 nitrogen and oxygen atoms in total. The van der Waals surface area contributed by atoms with Crippen molar-refractivity contribution in [2.75, 3.05) is 26.7 Å². The van der Waals surface area contributed by atoms with E-state index in [1.165, 1.54) is 19.3 Å². The maximum atomic E-state index is 8.50. The maximum absolute atomic E-state index is 8.50. The van der Waals surface area contributed by atoms with Gasteiger partial charge in [0.25, 0.3) is 0 Å². The van der Waals surface area contributed by atoms with Gasteiger partial charge in [0.15, 0.2) is 0 Å². The van der Waals surface area contributed by atoms with Gasteiger partial charge in [-0.2, -0.15) is 0 Å². The van der Waals surface area contributed by atoms with Crippen molar-refractivity contribution in [1.82, 2.24) is 9.80 Å². The molecule has 5 heteroatoms. The van der Waals surface area contributed by atoms with Crippen molar-refractivity contribution in [3.8, 4) is 0 Å². The van der Waals surface area contributed by atoms with Crippen LogP contribution in [0.5, 0.6) is 0 Å². The largest absolute Gasteiger partial charge is 0.409 e. The summed E-state index contributed by atoms with van der Waals surface area (Å²) in [6.45, 7) is 3.18. The maximum Gasteiger partial charge on any atom is 0.140 e. The van der Waals surface area contributed by atoms with Gasteiger partial charge in [-0.05, 0) is 32.9 Å². The SMILES string of the molecule is CN1C2CCC1CN(CCC(N)=NO)CC2. The fourth-order valence-electron chi connectivity index (χ4n) is 2.90. The van der Waals surface area contributed by atoms with E-state index in [1.54, 1.807) is 0 Å². The zero-order valence-corrected chi connectivity index (χ0v) is 9.97. The highest BCUT2D eigenvalue weighted by molar-refractivity contribution is 5.79. The van der Waals surface area contributed by atoms with Gasteiger partial charge >= 0.3 is 0 Å². The molecule has 0 aromatic carbocycles. The number of hydrogen-bond donors (Lipinski definition) is 2. The van der Waals surface area contributed by atoms with Gasteiger partial charge in [0, 0.05) is 31.6 Å². The van der Waals surface area contributed by atoms with Crippen LogP contribution in [0.3, 0.4) is 0 Å². The molecule has 2 unspecified atom stereocenters. The first kappa shape index (κ1) is 11.7. The fourth-order valence-corrected chi connectivity index (χ4v) is 2.90. The van der Waals surface area contributed by atoms with Crippen molar-refractivity contribution < 1.29 is 5.21 Å². The van der Waals surface area contributed by atoms with Gasteiger partial charge < -0.3 is 15.8 Å². The van der Waals surface area contributed by atoms with Crippen LogP contribution in [-0.4, -0.2) is 59.6 Å². The third kappa shape index (κ3) is 2.47. The van der Waals surface area contributed by atoms with Gasteiger partial charge in [0.1, 0.15) is 5.84 Å². The molecule has 92 valence electrons. The van der Waals surface area contributed by atoms with Crippen LogP contribution < -0.4 is 5.73 Å². The number of hydrogen-bond acceptors (Lipinski definition) is 4. The number of oxime groups is 1. The molecule has 0 saturated carbocycles. The van der Waals surface area contributed by atoms with Crippen LogP contribution >= 0.6 is 0 Å². The molecule has 2 fully saturated rings. The molecule has 0 spiro atoms. The lowest BCUT2D eigenvalue weighted by Gasteiger charge is -2.25. The van der Waals surface area contributed by atoms with Crippen molar-refractivity contribution in [2.24, 2.45) is 10.9 Å². The Balaban J connectivity index is 1.84. The Morgan fingerprint density at radius 1 is 1.38 bits per heavy atom. The molecule has 0 radical (unpaired) electrons. The highest BCUT2D eigenvalue weighted by Gasteiger charge is 2.34. The summed E-state index contributed by atoms with van der Waals surface area (Å²) in [5, 5.41) is 11.5. The van der Waals surface area contributed by atoms with E-state index < -0.39 is 0 Å². The second kappa shape index (κ2) is 5.01. The van der Waals surface area contributed by atoms with Crippen LogP contribution in [0, 0.1) is 0 Å². The van der Waals surface area contributed by atoms with Crippen molar-refractivity contribution in [3.05, 3.63) is 0 Å². The molecule has 2 aliphatic rings. The number of fused-ring (bicyclic) bond motifs is 2. The first-order chi connectivity index (χ1) is 7.70. The van der Waals surface area contributed by atoms with Crippen molar-refractivity contribution in [2.45, 2.75) is 37.8 Å². The molecule has 16 heavy (non-hydrogen) atoms. The van der Waals surface area contributed by atoms with E-state index in [-0.39, 0.29) is 0 Å². The predicted octanol–water partition coefficient (Wildman–Crippen LogP) is 0.291. The van der Waals surface area contributed by atoms with E-state index in [4.69, 9.17) is 10.9 Å². The summed E-state index contributed by atoms with van der Waals surface area (Å²) < 4.78 is 0. The standard InChI is InChI=1S/C11H22N4O/c1-14-9-2-3-10(14)8-15(6-4-9)7-5-11(12)13-16/h9-10,16H,2-8H2,1H3,(H2,12,13). The molecule has 0 aromatic rings. The average molecular weight is 226 g/mol. The van der Waals surface area contributed by atoms with E-state index in [2.05, 4.69) is 22.0 Å². The van der Waals surface area contributed by atoms with Crippen LogP contribution in [0.4, 0.5) is 0 Å². The van der Waals surface area contributed by atoms with Gasteiger partial charge in [-0.15, -0.1) is 0 Å². The molecular weight excluding hydrogens is 204 g/mol. The Morgan fingerprint density at radius 3 is 2.88 bits per heavy atom. The second-order valence-electron chi connectivity index (χ2n) is 4.98. The minimum atomic E-state index is 0.336.